The maximum Gasteiger partial charge on any atom is 0.230 e. The quantitative estimate of drug-likeness (QED) is 0.895. The largest absolute Gasteiger partial charge is 0.326 e. The van der Waals surface area contributed by atoms with E-state index in [2.05, 4.69) is 18.3 Å². The number of aryl methyl sites for hydroxylation is 1. The summed E-state index contributed by atoms with van der Waals surface area (Å²) in [7, 11) is 0. The average Bonchev–Trinajstić information content (AvgIpc) is 3.34. The summed E-state index contributed by atoms with van der Waals surface area (Å²) in [4.78, 5) is 27.0. The lowest BCUT2D eigenvalue weighted by molar-refractivity contribution is -0.121. The zero-order valence-corrected chi connectivity index (χ0v) is 15.1. The van der Waals surface area contributed by atoms with Gasteiger partial charge in [0.25, 0.3) is 0 Å². The van der Waals surface area contributed by atoms with Crippen molar-refractivity contribution in [1.29, 1.82) is 0 Å². The SMILES string of the molecule is CC(C(=O)Nc1ccc2c(c1)CCCN2C(=O)C1CC1)C1CCCC1. The number of benzene rings is 1. The number of anilines is 2. The van der Waals surface area contributed by atoms with E-state index < -0.39 is 0 Å². The molecule has 2 saturated carbocycles. The predicted octanol–water partition coefficient (Wildman–Crippen LogP) is 4.14. The molecule has 1 atom stereocenters. The molecule has 1 aliphatic heterocycles. The van der Waals surface area contributed by atoms with Gasteiger partial charge in [0.1, 0.15) is 0 Å². The van der Waals surface area contributed by atoms with Gasteiger partial charge in [-0.2, -0.15) is 0 Å². The second-order valence-corrected chi connectivity index (χ2v) is 8.03. The first-order valence-corrected chi connectivity index (χ1v) is 9.88. The molecule has 4 heteroatoms. The number of carbonyl (C=O) groups is 2. The Bertz CT molecular complexity index is 674. The Morgan fingerprint density at radius 3 is 2.60 bits per heavy atom. The van der Waals surface area contributed by atoms with Crippen molar-refractivity contribution in [2.45, 2.75) is 58.3 Å². The second kappa shape index (κ2) is 6.81. The number of fused-ring (bicyclic) bond motifs is 1. The molecule has 25 heavy (non-hydrogen) atoms. The molecule has 2 amide bonds. The zero-order chi connectivity index (χ0) is 17.4. The van der Waals surface area contributed by atoms with Crippen LogP contribution >= 0.6 is 0 Å². The molecule has 0 saturated heterocycles. The molecule has 1 unspecified atom stereocenters. The highest BCUT2D eigenvalue weighted by Gasteiger charge is 2.35. The Morgan fingerprint density at radius 1 is 1.12 bits per heavy atom. The van der Waals surface area contributed by atoms with Crippen molar-refractivity contribution in [3.8, 4) is 0 Å². The minimum Gasteiger partial charge on any atom is -0.326 e. The first-order valence-electron chi connectivity index (χ1n) is 9.88. The van der Waals surface area contributed by atoms with Crippen LogP contribution in [0.4, 0.5) is 11.4 Å². The lowest BCUT2D eigenvalue weighted by atomic mass is 9.91. The Labute approximate surface area is 150 Å². The summed E-state index contributed by atoms with van der Waals surface area (Å²) >= 11 is 0. The molecule has 2 aliphatic carbocycles. The van der Waals surface area contributed by atoms with Crippen molar-refractivity contribution in [1.82, 2.24) is 0 Å². The van der Waals surface area contributed by atoms with Crippen LogP contribution in [0.25, 0.3) is 0 Å². The summed E-state index contributed by atoms with van der Waals surface area (Å²) in [6.07, 6.45) is 8.93. The number of hydrogen-bond acceptors (Lipinski definition) is 2. The maximum absolute atomic E-state index is 12.6. The molecule has 4 rings (SSSR count). The number of hydrogen-bond donors (Lipinski definition) is 1. The molecular formula is C21H28N2O2. The van der Waals surface area contributed by atoms with E-state index in [4.69, 9.17) is 0 Å². The lowest BCUT2D eigenvalue weighted by Crippen LogP contribution is -2.36. The normalized spacial score (nSPS) is 21.7. The highest BCUT2D eigenvalue weighted by atomic mass is 16.2. The van der Waals surface area contributed by atoms with Crippen molar-refractivity contribution in [2.75, 3.05) is 16.8 Å². The first kappa shape index (κ1) is 16.6. The monoisotopic (exact) mass is 340 g/mol. The molecule has 1 N–H and O–H groups in total. The third-order valence-corrected chi connectivity index (χ3v) is 6.18. The minimum atomic E-state index is 0.0754. The van der Waals surface area contributed by atoms with Crippen LogP contribution in [0, 0.1) is 17.8 Å². The van der Waals surface area contributed by atoms with E-state index in [-0.39, 0.29) is 23.7 Å². The fourth-order valence-corrected chi connectivity index (χ4v) is 4.38. The highest BCUT2D eigenvalue weighted by molar-refractivity contribution is 5.98. The van der Waals surface area contributed by atoms with E-state index in [1.807, 2.05) is 17.0 Å². The first-order chi connectivity index (χ1) is 12.1. The number of rotatable bonds is 4. The van der Waals surface area contributed by atoms with Gasteiger partial charge in [-0.25, -0.2) is 0 Å². The molecular weight excluding hydrogens is 312 g/mol. The molecule has 3 aliphatic rings. The number of amides is 2. The van der Waals surface area contributed by atoms with Crippen molar-refractivity contribution in [3.05, 3.63) is 23.8 Å². The minimum absolute atomic E-state index is 0.0754. The van der Waals surface area contributed by atoms with Gasteiger partial charge >= 0.3 is 0 Å². The lowest BCUT2D eigenvalue weighted by Gasteiger charge is -2.30. The Balaban J connectivity index is 1.47. The summed E-state index contributed by atoms with van der Waals surface area (Å²) in [5.74, 6) is 1.27. The molecule has 1 heterocycles. The molecule has 4 nitrogen and oxygen atoms in total. The highest BCUT2D eigenvalue weighted by Crippen LogP contribution is 2.37. The molecule has 0 bridgehead atoms. The van der Waals surface area contributed by atoms with Gasteiger partial charge < -0.3 is 10.2 Å². The number of carbonyl (C=O) groups excluding carboxylic acids is 2. The molecule has 2 fully saturated rings. The van der Waals surface area contributed by atoms with E-state index in [1.165, 1.54) is 31.2 Å². The van der Waals surface area contributed by atoms with E-state index >= 15 is 0 Å². The summed E-state index contributed by atoms with van der Waals surface area (Å²) < 4.78 is 0. The van der Waals surface area contributed by atoms with E-state index in [0.717, 1.165) is 43.6 Å². The molecule has 1 aromatic carbocycles. The Kier molecular flexibility index (Phi) is 4.53. The zero-order valence-electron chi connectivity index (χ0n) is 15.1. The third kappa shape index (κ3) is 3.44. The maximum atomic E-state index is 12.6. The van der Waals surface area contributed by atoms with Gasteiger partial charge in [-0.1, -0.05) is 19.8 Å². The average molecular weight is 340 g/mol. The van der Waals surface area contributed by atoms with Gasteiger partial charge in [-0.05, 0) is 68.2 Å². The number of nitrogens with one attached hydrogen (secondary N) is 1. The van der Waals surface area contributed by atoms with Gasteiger partial charge in [-0.3, -0.25) is 9.59 Å². The molecule has 0 aromatic heterocycles. The van der Waals surface area contributed by atoms with Gasteiger partial charge in [0.05, 0.1) is 0 Å². The van der Waals surface area contributed by atoms with Crippen LogP contribution in [-0.4, -0.2) is 18.4 Å². The number of nitrogens with zero attached hydrogens (tertiary/aromatic N) is 1. The van der Waals surface area contributed by atoms with Gasteiger partial charge in [0.2, 0.25) is 11.8 Å². The van der Waals surface area contributed by atoms with Crippen LogP contribution in [-0.2, 0) is 16.0 Å². The molecule has 0 radical (unpaired) electrons. The van der Waals surface area contributed by atoms with Crippen LogP contribution in [0.3, 0.4) is 0 Å². The van der Waals surface area contributed by atoms with Gasteiger partial charge in [0.15, 0.2) is 0 Å². The van der Waals surface area contributed by atoms with Crippen LogP contribution in [0.1, 0.15) is 57.4 Å². The summed E-state index contributed by atoms with van der Waals surface area (Å²) in [5, 5.41) is 3.11. The van der Waals surface area contributed by atoms with E-state index in [9.17, 15) is 9.59 Å². The second-order valence-electron chi connectivity index (χ2n) is 8.03. The van der Waals surface area contributed by atoms with E-state index in [0.29, 0.717) is 5.92 Å². The van der Waals surface area contributed by atoms with Crippen LogP contribution < -0.4 is 10.2 Å². The van der Waals surface area contributed by atoms with Crippen LogP contribution in [0.15, 0.2) is 18.2 Å². The van der Waals surface area contributed by atoms with Gasteiger partial charge in [0, 0.05) is 29.8 Å². The summed E-state index contributed by atoms with van der Waals surface area (Å²) in [6, 6.07) is 6.04. The van der Waals surface area contributed by atoms with Crippen molar-refractivity contribution < 1.29 is 9.59 Å². The van der Waals surface area contributed by atoms with Crippen molar-refractivity contribution >= 4 is 23.2 Å². The molecule has 0 spiro atoms. The Morgan fingerprint density at radius 2 is 1.88 bits per heavy atom. The summed E-state index contributed by atoms with van der Waals surface area (Å²) in [5.41, 5.74) is 3.10. The standard InChI is InChI=1S/C21H28N2O2/c1-14(15-5-2-3-6-15)20(24)22-18-10-11-19-17(13-18)7-4-12-23(19)21(25)16-8-9-16/h10-11,13-16H,2-9,12H2,1H3,(H,22,24). The topological polar surface area (TPSA) is 49.4 Å². The van der Waals surface area contributed by atoms with Crippen molar-refractivity contribution in [3.63, 3.8) is 0 Å². The summed E-state index contributed by atoms with van der Waals surface area (Å²) in [6.45, 7) is 2.88. The van der Waals surface area contributed by atoms with Crippen LogP contribution in [0.5, 0.6) is 0 Å². The van der Waals surface area contributed by atoms with Crippen LogP contribution in [0.2, 0.25) is 0 Å². The fourth-order valence-electron chi connectivity index (χ4n) is 4.38. The predicted molar refractivity (Wildman–Crippen MR) is 99.6 cm³/mol. The fraction of sp³-hybridized carbons (Fsp3) is 0.619. The third-order valence-electron chi connectivity index (χ3n) is 6.18. The Hall–Kier alpha value is -1.84. The molecule has 1 aromatic rings. The van der Waals surface area contributed by atoms with E-state index in [1.54, 1.807) is 0 Å². The smallest absolute Gasteiger partial charge is 0.230 e. The molecule has 134 valence electrons. The van der Waals surface area contributed by atoms with Crippen molar-refractivity contribution in [2.24, 2.45) is 17.8 Å². The van der Waals surface area contributed by atoms with Gasteiger partial charge in [-0.15, -0.1) is 0 Å².